The van der Waals surface area contributed by atoms with E-state index in [0.717, 1.165) is 11.4 Å². The van der Waals surface area contributed by atoms with E-state index < -0.39 is 0 Å². The van der Waals surface area contributed by atoms with Crippen molar-refractivity contribution in [3.05, 3.63) is 58.7 Å². The van der Waals surface area contributed by atoms with Crippen LogP contribution < -0.4 is 0 Å². The second kappa shape index (κ2) is 8.93. The van der Waals surface area contributed by atoms with Gasteiger partial charge in [0.05, 0.1) is 11.4 Å². The summed E-state index contributed by atoms with van der Waals surface area (Å²) >= 11 is 0. The zero-order chi connectivity index (χ0) is 19.3. The monoisotopic (exact) mass is 348 g/mol. The number of rotatable bonds is 6. The Bertz CT molecular complexity index is 770. The Kier molecular flexibility index (Phi) is 6.90. The van der Waals surface area contributed by atoms with Gasteiger partial charge in [0.15, 0.2) is 0 Å². The normalized spacial score (nSPS) is 12.4. The summed E-state index contributed by atoms with van der Waals surface area (Å²) in [6.07, 6.45) is 3.67. The van der Waals surface area contributed by atoms with Gasteiger partial charge in [0, 0.05) is 12.4 Å². The van der Waals surface area contributed by atoms with E-state index in [0.29, 0.717) is 17.8 Å². The quantitative estimate of drug-likeness (QED) is 0.484. The van der Waals surface area contributed by atoms with Crippen LogP contribution in [0, 0.1) is 6.92 Å². The number of aliphatic imine (C=N–C) groups is 2. The molecule has 0 bridgehead atoms. The average molecular weight is 349 g/mol. The third kappa shape index (κ3) is 4.69. The summed E-state index contributed by atoms with van der Waals surface area (Å²) in [7, 11) is 0. The Labute approximate surface area is 159 Å². The van der Waals surface area contributed by atoms with Crippen LogP contribution in [-0.2, 0) is 0 Å². The molecule has 2 heteroatoms. The van der Waals surface area contributed by atoms with Crippen LogP contribution in [0.25, 0.3) is 0 Å². The highest BCUT2D eigenvalue weighted by Gasteiger charge is 2.12. The Morgan fingerprint density at radius 3 is 1.46 bits per heavy atom. The SMILES string of the molecule is Cc1cccc(C(C)C)c1/N=C/C=N/c1c(C(C)C)cccc1C(C)C. The number of hydrogen-bond acceptors (Lipinski definition) is 2. The fourth-order valence-electron chi connectivity index (χ4n) is 3.20. The smallest absolute Gasteiger partial charge is 0.0699 e. The molecule has 138 valence electrons. The molecule has 0 saturated heterocycles. The van der Waals surface area contributed by atoms with E-state index in [1.54, 1.807) is 0 Å². The summed E-state index contributed by atoms with van der Waals surface area (Å²) in [5.41, 5.74) is 7.22. The van der Waals surface area contributed by atoms with Crippen molar-refractivity contribution in [1.29, 1.82) is 0 Å². The molecule has 0 heterocycles. The van der Waals surface area contributed by atoms with Gasteiger partial charge in [-0.25, -0.2) is 0 Å². The van der Waals surface area contributed by atoms with Crippen LogP contribution in [0.3, 0.4) is 0 Å². The highest BCUT2D eigenvalue weighted by Crippen LogP contribution is 2.34. The maximum atomic E-state index is 4.79. The van der Waals surface area contributed by atoms with E-state index in [-0.39, 0.29) is 0 Å². The lowest BCUT2D eigenvalue weighted by Gasteiger charge is -2.16. The summed E-state index contributed by atoms with van der Waals surface area (Å²) in [6, 6.07) is 12.9. The molecule has 0 saturated carbocycles. The molecular weight excluding hydrogens is 316 g/mol. The number of nitrogens with zero attached hydrogens (tertiary/aromatic N) is 2. The van der Waals surface area contributed by atoms with Gasteiger partial charge in [-0.2, -0.15) is 0 Å². The van der Waals surface area contributed by atoms with Crippen molar-refractivity contribution in [2.45, 2.75) is 66.2 Å². The number of para-hydroxylation sites is 2. The van der Waals surface area contributed by atoms with Gasteiger partial charge in [0.25, 0.3) is 0 Å². The van der Waals surface area contributed by atoms with Crippen LogP contribution >= 0.6 is 0 Å². The molecule has 26 heavy (non-hydrogen) atoms. The molecule has 2 nitrogen and oxygen atoms in total. The van der Waals surface area contributed by atoms with E-state index in [9.17, 15) is 0 Å². The zero-order valence-electron chi connectivity index (χ0n) is 17.2. The molecule has 0 N–H and O–H groups in total. The second-order valence-corrected chi connectivity index (χ2v) is 7.82. The molecule has 0 aromatic heterocycles. The topological polar surface area (TPSA) is 24.7 Å². The van der Waals surface area contributed by atoms with E-state index in [2.05, 4.69) is 84.9 Å². The average Bonchev–Trinajstić information content (AvgIpc) is 2.58. The summed E-state index contributed by atoms with van der Waals surface area (Å²) in [4.78, 5) is 9.51. The lowest BCUT2D eigenvalue weighted by atomic mass is 9.93. The molecule has 0 fully saturated rings. The van der Waals surface area contributed by atoms with Crippen LogP contribution in [0.1, 0.15) is 81.5 Å². The molecule has 2 aromatic rings. The van der Waals surface area contributed by atoms with Crippen LogP contribution in [-0.4, -0.2) is 12.4 Å². The van der Waals surface area contributed by atoms with Gasteiger partial charge in [0.2, 0.25) is 0 Å². The van der Waals surface area contributed by atoms with Crippen LogP contribution in [0.15, 0.2) is 46.4 Å². The summed E-state index contributed by atoms with van der Waals surface area (Å²) in [5.74, 6) is 1.34. The second-order valence-electron chi connectivity index (χ2n) is 7.82. The molecule has 0 unspecified atom stereocenters. The van der Waals surface area contributed by atoms with Crippen LogP contribution in [0.2, 0.25) is 0 Å². The van der Waals surface area contributed by atoms with E-state index >= 15 is 0 Å². The number of hydrogen-bond donors (Lipinski definition) is 0. The van der Waals surface area contributed by atoms with E-state index in [1.807, 2.05) is 12.4 Å². The minimum absolute atomic E-state index is 0.446. The molecule has 2 aromatic carbocycles. The standard InChI is InChI=1S/C24H32N2/c1-16(2)20-11-8-10-19(7)23(20)25-14-15-26-24-21(17(3)4)12-9-13-22(24)18(5)6/h8-18H,1-7H3/b25-14+,26-15+. The van der Waals surface area contributed by atoms with Crippen molar-refractivity contribution in [3.63, 3.8) is 0 Å². The first kappa shape index (κ1) is 20.1. The lowest BCUT2D eigenvalue weighted by Crippen LogP contribution is -1.95. The van der Waals surface area contributed by atoms with Crippen molar-refractivity contribution >= 4 is 23.8 Å². The van der Waals surface area contributed by atoms with Gasteiger partial charge in [0.1, 0.15) is 0 Å². The highest BCUT2D eigenvalue weighted by molar-refractivity contribution is 6.17. The molecular formula is C24H32N2. The van der Waals surface area contributed by atoms with Gasteiger partial charge >= 0.3 is 0 Å². The van der Waals surface area contributed by atoms with Gasteiger partial charge in [-0.05, 0) is 46.9 Å². The molecule has 0 amide bonds. The van der Waals surface area contributed by atoms with Crippen molar-refractivity contribution in [2.75, 3.05) is 0 Å². The summed E-state index contributed by atoms with van der Waals surface area (Å²) < 4.78 is 0. The first-order chi connectivity index (χ1) is 12.3. The third-order valence-corrected chi connectivity index (χ3v) is 4.71. The largest absolute Gasteiger partial charge is 0.255 e. The van der Waals surface area contributed by atoms with Crippen molar-refractivity contribution in [2.24, 2.45) is 9.98 Å². The van der Waals surface area contributed by atoms with E-state index in [4.69, 9.17) is 9.98 Å². The van der Waals surface area contributed by atoms with Crippen LogP contribution in [0.4, 0.5) is 11.4 Å². The minimum atomic E-state index is 0.446. The van der Waals surface area contributed by atoms with Gasteiger partial charge in [-0.1, -0.05) is 77.9 Å². The maximum Gasteiger partial charge on any atom is 0.0699 e. The Morgan fingerprint density at radius 2 is 1.00 bits per heavy atom. The molecule has 0 aliphatic rings. The van der Waals surface area contributed by atoms with Gasteiger partial charge in [-0.15, -0.1) is 0 Å². The Hall–Kier alpha value is -2.22. The summed E-state index contributed by atoms with van der Waals surface area (Å²) in [5, 5.41) is 0. The summed E-state index contributed by atoms with van der Waals surface area (Å²) in [6.45, 7) is 15.4. The van der Waals surface area contributed by atoms with Gasteiger partial charge in [-0.3, -0.25) is 9.98 Å². The fourth-order valence-corrected chi connectivity index (χ4v) is 3.20. The van der Waals surface area contributed by atoms with Crippen molar-refractivity contribution < 1.29 is 0 Å². The first-order valence-corrected chi connectivity index (χ1v) is 9.62. The third-order valence-electron chi connectivity index (χ3n) is 4.71. The zero-order valence-corrected chi connectivity index (χ0v) is 17.2. The van der Waals surface area contributed by atoms with Gasteiger partial charge < -0.3 is 0 Å². The predicted molar refractivity (Wildman–Crippen MR) is 116 cm³/mol. The molecule has 0 aliphatic heterocycles. The number of aryl methyl sites for hydroxylation is 1. The fraction of sp³-hybridized carbons (Fsp3) is 0.417. The highest BCUT2D eigenvalue weighted by atomic mass is 14.8. The maximum absolute atomic E-state index is 4.79. The van der Waals surface area contributed by atoms with Crippen molar-refractivity contribution in [1.82, 2.24) is 0 Å². The molecule has 0 aliphatic carbocycles. The predicted octanol–water partition coefficient (Wildman–Crippen LogP) is 7.47. The molecule has 0 atom stereocenters. The van der Waals surface area contributed by atoms with Crippen LogP contribution in [0.5, 0.6) is 0 Å². The lowest BCUT2D eigenvalue weighted by molar-refractivity contribution is 0.835. The minimum Gasteiger partial charge on any atom is -0.255 e. The van der Waals surface area contributed by atoms with Crippen molar-refractivity contribution in [3.8, 4) is 0 Å². The Morgan fingerprint density at radius 1 is 0.615 bits per heavy atom. The first-order valence-electron chi connectivity index (χ1n) is 9.62. The molecule has 0 spiro atoms. The number of benzene rings is 2. The molecule has 2 rings (SSSR count). The van der Waals surface area contributed by atoms with E-state index in [1.165, 1.54) is 22.3 Å². The Balaban J connectivity index is 2.37. The molecule has 0 radical (unpaired) electrons.